The molecule has 1 aliphatic heterocycles. The molecule has 0 N–H and O–H groups in total. The minimum atomic E-state index is 0.123. The second kappa shape index (κ2) is 6.75. The molecule has 1 heterocycles. The molecule has 1 fully saturated rings. The molecule has 20 heavy (non-hydrogen) atoms. The van der Waals surface area contributed by atoms with E-state index in [1.165, 1.54) is 0 Å². The van der Waals surface area contributed by atoms with Crippen LogP contribution in [0.2, 0.25) is 0 Å². The van der Waals surface area contributed by atoms with Crippen molar-refractivity contribution in [3.8, 4) is 5.75 Å². The van der Waals surface area contributed by atoms with Gasteiger partial charge < -0.3 is 14.5 Å². The van der Waals surface area contributed by atoms with Crippen molar-refractivity contribution in [3.63, 3.8) is 0 Å². The van der Waals surface area contributed by atoms with Crippen molar-refractivity contribution in [1.82, 2.24) is 9.80 Å². The van der Waals surface area contributed by atoms with E-state index in [1.54, 1.807) is 7.11 Å². The lowest BCUT2D eigenvalue weighted by Crippen LogP contribution is -2.41. The monoisotopic (exact) mass is 276 g/mol. The van der Waals surface area contributed by atoms with Crippen LogP contribution in [0.3, 0.4) is 0 Å². The van der Waals surface area contributed by atoms with Crippen molar-refractivity contribution in [2.75, 3.05) is 33.3 Å². The van der Waals surface area contributed by atoms with Gasteiger partial charge in [-0.3, -0.25) is 4.79 Å². The van der Waals surface area contributed by atoms with Gasteiger partial charge in [0.05, 0.1) is 7.11 Å². The fourth-order valence-electron chi connectivity index (χ4n) is 2.82. The maximum absolute atomic E-state index is 12.6. The smallest absolute Gasteiger partial charge is 0.254 e. The zero-order chi connectivity index (χ0) is 14.5. The summed E-state index contributed by atoms with van der Waals surface area (Å²) in [5.41, 5.74) is 0.739. The number of likely N-dealkylation sites (N-methyl/N-ethyl adjacent to an activating group) is 2. The van der Waals surface area contributed by atoms with E-state index in [9.17, 15) is 4.79 Å². The first-order valence-electron chi connectivity index (χ1n) is 7.37. The minimum Gasteiger partial charge on any atom is -0.497 e. The number of methoxy groups -OCH3 is 1. The maximum atomic E-state index is 12.6. The first-order valence-corrected chi connectivity index (χ1v) is 7.37. The van der Waals surface area contributed by atoms with Gasteiger partial charge in [0.2, 0.25) is 0 Å². The lowest BCUT2D eigenvalue weighted by molar-refractivity contribution is 0.0694. The highest BCUT2D eigenvalue weighted by Crippen LogP contribution is 2.19. The fourth-order valence-corrected chi connectivity index (χ4v) is 2.82. The Kier molecular flexibility index (Phi) is 5.01. The Labute approximate surface area is 121 Å². The number of hydrogen-bond acceptors (Lipinski definition) is 3. The number of rotatable bonds is 5. The molecule has 4 nitrogen and oxygen atoms in total. The molecule has 1 unspecified atom stereocenters. The molecule has 1 aromatic carbocycles. The van der Waals surface area contributed by atoms with Gasteiger partial charge in [0, 0.05) is 31.2 Å². The summed E-state index contributed by atoms with van der Waals surface area (Å²) in [5, 5.41) is 0. The fraction of sp³-hybridized carbons (Fsp3) is 0.562. The zero-order valence-electron chi connectivity index (χ0n) is 12.6. The van der Waals surface area contributed by atoms with Crippen LogP contribution in [0.15, 0.2) is 24.3 Å². The average Bonchev–Trinajstić information content (AvgIpc) is 2.96. The highest BCUT2D eigenvalue weighted by atomic mass is 16.5. The number of carbonyl (C=O) groups excluding carboxylic acids is 1. The number of amides is 1. The van der Waals surface area contributed by atoms with Gasteiger partial charge in [0.25, 0.3) is 5.91 Å². The van der Waals surface area contributed by atoms with Crippen LogP contribution in [0.25, 0.3) is 0 Å². The summed E-state index contributed by atoms with van der Waals surface area (Å²) in [7, 11) is 1.63. The summed E-state index contributed by atoms with van der Waals surface area (Å²) in [6.07, 6.45) is 1.07. The first kappa shape index (κ1) is 14.9. The van der Waals surface area contributed by atoms with Crippen LogP contribution in [-0.4, -0.2) is 55.0 Å². The highest BCUT2D eigenvalue weighted by molar-refractivity contribution is 5.94. The SMILES string of the molecule is CCN1CCC(N(CC)C(=O)c2ccc(OC)cc2)C1. The first-order chi connectivity index (χ1) is 9.69. The lowest BCUT2D eigenvalue weighted by atomic mass is 10.1. The lowest BCUT2D eigenvalue weighted by Gasteiger charge is -2.28. The second-order valence-electron chi connectivity index (χ2n) is 5.16. The molecule has 0 spiro atoms. The van der Waals surface area contributed by atoms with E-state index < -0.39 is 0 Å². The van der Waals surface area contributed by atoms with Crippen molar-refractivity contribution >= 4 is 5.91 Å². The molecule has 0 bridgehead atoms. The normalized spacial score (nSPS) is 19.1. The number of ether oxygens (including phenoxy) is 1. The van der Waals surface area contributed by atoms with Gasteiger partial charge in [0.1, 0.15) is 5.75 Å². The molecular weight excluding hydrogens is 252 g/mol. The molecule has 0 aromatic heterocycles. The number of hydrogen-bond donors (Lipinski definition) is 0. The summed E-state index contributed by atoms with van der Waals surface area (Å²) in [6.45, 7) is 8.12. The Morgan fingerprint density at radius 3 is 2.55 bits per heavy atom. The number of likely N-dealkylation sites (tertiary alicyclic amines) is 1. The Morgan fingerprint density at radius 1 is 1.35 bits per heavy atom. The van der Waals surface area contributed by atoms with Crippen molar-refractivity contribution in [3.05, 3.63) is 29.8 Å². The van der Waals surface area contributed by atoms with Crippen LogP contribution in [-0.2, 0) is 0 Å². The molecule has 0 aliphatic carbocycles. The van der Waals surface area contributed by atoms with E-state index in [0.29, 0.717) is 6.04 Å². The molecule has 1 aromatic rings. The van der Waals surface area contributed by atoms with Gasteiger partial charge in [0.15, 0.2) is 0 Å². The van der Waals surface area contributed by atoms with E-state index in [1.807, 2.05) is 29.2 Å². The second-order valence-corrected chi connectivity index (χ2v) is 5.16. The molecule has 1 aliphatic rings. The molecular formula is C16H24N2O2. The van der Waals surface area contributed by atoms with Gasteiger partial charge in [-0.15, -0.1) is 0 Å². The third-order valence-electron chi connectivity index (χ3n) is 4.07. The maximum Gasteiger partial charge on any atom is 0.254 e. The van der Waals surface area contributed by atoms with Crippen molar-refractivity contribution in [2.24, 2.45) is 0 Å². The molecule has 1 atom stereocenters. The summed E-state index contributed by atoms with van der Waals surface area (Å²) >= 11 is 0. The van der Waals surface area contributed by atoms with E-state index in [4.69, 9.17) is 4.74 Å². The molecule has 0 saturated carbocycles. The van der Waals surface area contributed by atoms with E-state index in [2.05, 4.69) is 18.7 Å². The van der Waals surface area contributed by atoms with Crippen molar-refractivity contribution in [2.45, 2.75) is 26.3 Å². The third-order valence-corrected chi connectivity index (χ3v) is 4.07. The zero-order valence-corrected chi connectivity index (χ0v) is 12.6. The predicted molar refractivity (Wildman–Crippen MR) is 80.2 cm³/mol. The topological polar surface area (TPSA) is 32.8 Å². The number of nitrogens with zero attached hydrogens (tertiary/aromatic N) is 2. The van der Waals surface area contributed by atoms with Crippen molar-refractivity contribution in [1.29, 1.82) is 0 Å². The summed E-state index contributed by atoms with van der Waals surface area (Å²) in [6, 6.07) is 7.71. The van der Waals surface area contributed by atoms with Gasteiger partial charge in [-0.2, -0.15) is 0 Å². The van der Waals surface area contributed by atoms with Crippen LogP contribution in [0.1, 0.15) is 30.6 Å². The standard InChI is InChI=1S/C16H24N2O2/c1-4-17-11-10-14(12-17)18(5-2)16(19)13-6-8-15(20-3)9-7-13/h6-9,14H,4-5,10-12H2,1-3H3. The molecule has 0 radical (unpaired) electrons. The van der Waals surface area contributed by atoms with Crippen molar-refractivity contribution < 1.29 is 9.53 Å². The van der Waals surface area contributed by atoms with Gasteiger partial charge in [-0.05, 0) is 44.2 Å². The molecule has 1 saturated heterocycles. The summed E-state index contributed by atoms with van der Waals surface area (Å²) < 4.78 is 5.13. The molecule has 110 valence electrons. The molecule has 4 heteroatoms. The Balaban J connectivity index is 2.08. The van der Waals surface area contributed by atoms with Crippen LogP contribution in [0.5, 0.6) is 5.75 Å². The van der Waals surface area contributed by atoms with Crippen LogP contribution >= 0.6 is 0 Å². The summed E-state index contributed by atoms with van der Waals surface area (Å²) in [4.78, 5) is 17.0. The van der Waals surface area contributed by atoms with Gasteiger partial charge in [-0.25, -0.2) is 0 Å². The molecule has 1 amide bonds. The summed E-state index contributed by atoms with van der Waals surface area (Å²) in [5.74, 6) is 0.903. The van der Waals surface area contributed by atoms with Crippen LogP contribution < -0.4 is 4.74 Å². The third kappa shape index (κ3) is 3.12. The van der Waals surface area contributed by atoms with Crippen LogP contribution in [0.4, 0.5) is 0 Å². The Bertz CT molecular complexity index is 444. The predicted octanol–water partition coefficient (Wildman–Crippen LogP) is 2.25. The highest BCUT2D eigenvalue weighted by Gasteiger charge is 2.29. The Hall–Kier alpha value is -1.55. The number of benzene rings is 1. The largest absolute Gasteiger partial charge is 0.497 e. The average molecular weight is 276 g/mol. The molecule has 2 rings (SSSR count). The Morgan fingerprint density at radius 2 is 2.05 bits per heavy atom. The number of carbonyl (C=O) groups is 1. The van der Waals surface area contributed by atoms with E-state index >= 15 is 0 Å². The van der Waals surface area contributed by atoms with E-state index in [-0.39, 0.29) is 5.91 Å². The minimum absolute atomic E-state index is 0.123. The van der Waals surface area contributed by atoms with Gasteiger partial charge in [-0.1, -0.05) is 6.92 Å². The van der Waals surface area contributed by atoms with Gasteiger partial charge >= 0.3 is 0 Å². The van der Waals surface area contributed by atoms with Crippen LogP contribution in [0, 0.1) is 0 Å². The quantitative estimate of drug-likeness (QED) is 0.827. The van der Waals surface area contributed by atoms with E-state index in [0.717, 1.165) is 43.9 Å².